The average Bonchev–Trinajstić information content (AvgIpc) is 2.74. The molecule has 160 valence electrons. The number of aliphatic imine (C=N–C) groups is 2. The van der Waals surface area contributed by atoms with E-state index in [0.29, 0.717) is 40.6 Å². The lowest BCUT2D eigenvalue weighted by Gasteiger charge is -2.11. The molecule has 0 heterocycles. The fourth-order valence-corrected chi connectivity index (χ4v) is 2.86. The van der Waals surface area contributed by atoms with Crippen LogP contribution in [0, 0.1) is 24.7 Å². The van der Waals surface area contributed by atoms with Crippen molar-refractivity contribution in [1.29, 1.82) is 0 Å². The molecule has 6 heteroatoms. The zero-order valence-corrected chi connectivity index (χ0v) is 17.9. The van der Waals surface area contributed by atoms with Crippen LogP contribution in [0.3, 0.4) is 0 Å². The summed E-state index contributed by atoms with van der Waals surface area (Å²) in [5.41, 5.74) is 2.58. The molecule has 1 atom stereocenters. The maximum absolute atomic E-state index is 10.3. The lowest BCUT2D eigenvalue weighted by atomic mass is 10.1. The third kappa shape index (κ3) is 6.83. The van der Waals surface area contributed by atoms with E-state index in [4.69, 9.17) is 22.3 Å². The predicted octanol–water partition coefficient (Wildman–Crippen LogP) is 3.83. The number of aromatic hydroxyl groups is 2. The summed E-state index contributed by atoms with van der Waals surface area (Å²) in [6.07, 6.45) is 10.3. The van der Waals surface area contributed by atoms with Crippen molar-refractivity contribution < 1.29 is 19.7 Å². The number of ether oxygens (including phenoxy) is 2. The molecule has 0 bridgehead atoms. The van der Waals surface area contributed by atoms with Gasteiger partial charge in [-0.3, -0.25) is 9.98 Å². The number of phenolic OH excluding ortho intramolecular Hbond substituents is 2. The van der Waals surface area contributed by atoms with E-state index < -0.39 is 0 Å². The van der Waals surface area contributed by atoms with Crippen molar-refractivity contribution in [3.05, 3.63) is 47.5 Å². The highest BCUT2D eigenvalue weighted by Crippen LogP contribution is 2.25. The third-order valence-electron chi connectivity index (χ3n) is 4.37. The van der Waals surface area contributed by atoms with Crippen molar-refractivity contribution in [3.8, 4) is 47.7 Å². The summed E-state index contributed by atoms with van der Waals surface area (Å²) in [5.74, 6) is 5.89. The van der Waals surface area contributed by atoms with E-state index in [1.165, 1.54) is 12.1 Å². The van der Waals surface area contributed by atoms with Crippen molar-refractivity contribution in [3.63, 3.8) is 0 Å². The van der Waals surface area contributed by atoms with E-state index in [1.54, 1.807) is 24.3 Å². The van der Waals surface area contributed by atoms with Crippen molar-refractivity contribution in [2.24, 2.45) is 9.98 Å². The maximum Gasteiger partial charge on any atom is 0.148 e. The molecule has 0 aliphatic carbocycles. The molecule has 0 fully saturated rings. The van der Waals surface area contributed by atoms with Crippen LogP contribution in [0.1, 0.15) is 31.9 Å². The molecule has 0 amide bonds. The van der Waals surface area contributed by atoms with Gasteiger partial charge >= 0.3 is 0 Å². The SMILES string of the molecule is C#CCOc1ccc(C(C)=NCC(C)N=C(C)c2ccc(OCC#C)cc2O)c(O)c1. The van der Waals surface area contributed by atoms with Crippen molar-refractivity contribution in [2.75, 3.05) is 19.8 Å². The summed E-state index contributed by atoms with van der Waals surface area (Å²) >= 11 is 0. The molecule has 0 aliphatic rings. The van der Waals surface area contributed by atoms with Crippen LogP contribution < -0.4 is 9.47 Å². The van der Waals surface area contributed by atoms with Gasteiger partial charge in [0.25, 0.3) is 0 Å². The minimum atomic E-state index is -0.132. The minimum absolute atomic E-state index is 0.0692. The van der Waals surface area contributed by atoms with E-state index in [9.17, 15) is 10.2 Å². The first-order valence-electron chi connectivity index (χ1n) is 9.70. The second-order valence-electron chi connectivity index (χ2n) is 6.83. The van der Waals surface area contributed by atoms with Crippen LogP contribution >= 0.6 is 0 Å². The minimum Gasteiger partial charge on any atom is -0.507 e. The van der Waals surface area contributed by atoms with Crippen molar-refractivity contribution in [2.45, 2.75) is 26.8 Å². The molecule has 0 saturated carbocycles. The normalized spacial score (nSPS) is 12.5. The van der Waals surface area contributed by atoms with E-state index >= 15 is 0 Å². The monoisotopic (exact) mass is 418 g/mol. The van der Waals surface area contributed by atoms with Gasteiger partial charge in [-0.15, -0.1) is 12.8 Å². The molecule has 2 aromatic carbocycles. The quantitative estimate of drug-likeness (QED) is 0.479. The van der Waals surface area contributed by atoms with Crippen molar-refractivity contribution >= 4 is 11.4 Å². The van der Waals surface area contributed by atoms with Crippen LogP contribution in [0.15, 0.2) is 46.4 Å². The third-order valence-corrected chi connectivity index (χ3v) is 4.37. The van der Waals surface area contributed by atoms with Gasteiger partial charge in [0.05, 0.1) is 12.6 Å². The van der Waals surface area contributed by atoms with E-state index in [0.717, 1.165) is 0 Å². The van der Waals surface area contributed by atoms with Gasteiger partial charge in [0.1, 0.15) is 36.2 Å². The van der Waals surface area contributed by atoms with Gasteiger partial charge in [0, 0.05) is 34.7 Å². The number of rotatable bonds is 9. The smallest absolute Gasteiger partial charge is 0.148 e. The molecule has 2 rings (SSSR count). The lowest BCUT2D eigenvalue weighted by Crippen LogP contribution is -2.10. The molecular weight excluding hydrogens is 392 g/mol. The number of benzene rings is 2. The van der Waals surface area contributed by atoms with Gasteiger partial charge in [-0.2, -0.15) is 0 Å². The Labute approximate surface area is 183 Å². The topological polar surface area (TPSA) is 83.6 Å². The van der Waals surface area contributed by atoms with E-state index in [-0.39, 0.29) is 30.8 Å². The molecule has 0 aromatic heterocycles. The second kappa shape index (κ2) is 11.3. The molecule has 0 radical (unpaired) electrons. The number of hydrogen-bond donors (Lipinski definition) is 2. The van der Waals surface area contributed by atoms with Crippen LogP contribution in [-0.4, -0.2) is 47.4 Å². The maximum atomic E-state index is 10.3. The fourth-order valence-electron chi connectivity index (χ4n) is 2.86. The Hall–Kier alpha value is -3.90. The summed E-state index contributed by atoms with van der Waals surface area (Å²) in [7, 11) is 0. The molecular formula is C25H26N2O4. The largest absolute Gasteiger partial charge is 0.507 e. The average molecular weight is 418 g/mol. The molecule has 0 spiro atoms. The zero-order valence-electron chi connectivity index (χ0n) is 17.9. The first-order valence-corrected chi connectivity index (χ1v) is 9.70. The Morgan fingerprint density at radius 3 is 1.84 bits per heavy atom. The number of nitrogens with zero attached hydrogens (tertiary/aromatic N) is 2. The van der Waals surface area contributed by atoms with Crippen LogP contribution in [0.5, 0.6) is 23.0 Å². The molecule has 0 aliphatic heterocycles. The lowest BCUT2D eigenvalue weighted by molar-refractivity contribution is 0.366. The standard InChI is InChI=1S/C25H26N2O4/c1-6-12-30-20-8-10-22(24(28)14-20)18(4)26-16-17(3)27-19(5)23-11-9-21(15-25(23)29)31-13-7-2/h1-2,8-11,14-15,17,28-29H,12-13,16H2,3-5H3. The van der Waals surface area contributed by atoms with Crippen LogP contribution in [-0.2, 0) is 0 Å². The van der Waals surface area contributed by atoms with Gasteiger partial charge < -0.3 is 19.7 Å². The summed E-state index contributed by atoms with van der Waals surface area (Å²) in [5, 5.41) is 20.5. The van der Waals surface area contributed by atoms with Gasteiger partial charge in [-0.1, -0.05) is 11.8 Å². The number of hydrogen-bond acceptors (Lipinski definition) is 6. The van der Waals surface area contributed by atoms with Gasteiger partial charge in [0.15, 0.2) is 0 Å². The highest BCUT2D eigenvalue weighted by molar-refractivity contribution is 6.02. The molecule has 31 heavy (non-hydrogen) atoms. The highest BCUT2D eigenvalue weighted by Gasteiger charge is 2.10. The first-order chi connectivity index (χ1) is 14.8. The Bertz CT molecular complexity index is 1060. The van der Waals surface area contributed by atoms with Gasteiger partial charge in [-0.05, 0) is 45.0 Å². The highest BCUT2D eigenvalue weighted by atomic mass is 16.5. The Kier molecular flexibility index (Phi) is 8.54. The van der Waals surface area contributed by atoms with E-state index in [2.05, 4.69) is 21.8 Å². The summed E-state index contributed by atoms with van der Waals surface area (Å²) in [6.45, 7) is 6.26. The van der Waals surface area contributed by atoms with Gasteiger partial charge in [-0.25, -0.2) is 0 Å². The van der Waals surface area contributed by atoms with Crippen LogP contribution in [0.4, 0.5) is 0 Å². The molecule has 2 aromatic rings. The molecule has 2 N–H and O–H groups in total. The summed E-state index contributed by atoms with van der Waals surface area (Å²) in [4.78, 5) is 9.15. The van der Waals surface area contributed by atoms with Gasteiger partial charge in [0.2, 0.25) is 0 Å². The summed E-state index contributed by atoms with van der Waals surface area (Å²) in [6, 6.07) is 9.83. The van der Waals surface area contributed by atoms with E-state index in [1.807, 2.05) is 20.8 Å². The molecule has 6 nitrogen and oxygen atoms in total. The van der Waals surface area contributed by atoms with Crippen LogP contribution in [0.25, 0.3) is 0 Å². The number of phenols is 2. The van der Waals surface area contributed by atoms with Crippen LogP contribution in [0.2, 0.25) is 0 Å². The Morgan fingerprint density at radius 2 is 1.39 bits per heavy atom. The molecule has 1 unspecified atom stereocenters. The fraction of sp³-hybridized carbons (Fsp3) is 0.280. The Balaban J connectivity index is 2.07. The van der Waals surface area contributed by atoms with Crippen molar-refractivity contribution in [1.82, 2.24) is 0 Å². The second-order valence-corrected chi connectivity index (χ2v) is 6.83. The number of terminal acetylenes is 2. The predicted molar refractivity (Wildman–Crippen MR) is 124 cm³/mol. The zero-order chi connectivity index (χ0) is 22.8. The first kappa shape index (κ1) is 23.4. The Morgan fingerprint density at radius 1 is 0.903 bits per heavy atom. The molecule has 0 saturated heterocycles. The summed E-state index contributed by atoms with van der Waals surface area (Å²) < 4.78 is 10.6.